The van der Waals surface area contributed by atoms with Crippen LogP contribution >= 0.6 is 0 Å². The van der Waals surface area contributed by atoms with E-state index in [9.17, 15) is 14.9 Å². The van der Waals surface area contributed by atoms with Crippen LogP contribution in [0.25, 0.3) is 0 Å². The number of benzene rings is 2. The van der Waals surface area contributed by atoms with Crippen LogP contribution in [0.3, 0.4) is 0 Å². The minimum absolute atomic E-state index is 0.109. The van der Waals surface area contributed by atoms with Crippen molar-refractivity contribution in [2.75, 3.05) is 42.9 Å². The molecule has 0 atom stereocenters. The van der Waals surface area contributed by atoms with Crippen molar-refractivity contribution in [2.24, 2.45) is 0 Å². The molecule has 2 aliphatic rings. The zero-order chi connectivity index (χ0) is 20.2. The van der Waals surface area contributed by atoms with Crippen molar-refractivity contribution in [1.29, 1.82) is 0 Å². The van der Waals surface area contributed by atoms with Crippen molar-refractivity contribution in [1.82, 2.24) is 4.90 Å². The predicted molar refractivity (Wildman–Crippen MR) is 113 cm³/mol. The van der Waals surface area contributed by atoms with Crippen molar-refractivity contribution in [2.45, 2.75) is 25.7 Å². The van der Waals surface area contributed by atoms with Gasteiger partial charge in [0.05, 0.1) is 4.92 Å². The average molecular weight is 394 g/mol. The first kappa shape index (κ1) is 19.4. The second-order valence-corrected chi connectivity index (χ2v) is 7.75. The Kier molecular flexibility index (Phi) is 5.76. The molecule has 0 aromatic heterocycles. The van der Waals surface area contributed by atoms with Crippen LogP contribution in [0.15, 0.2) is 42.5 Å². The third-order valence-corrected chi connectivity index (χ3v) is 5.80. The number of nitrogens with zero attached hydrogens (tertiary/aromatic N) is 3. The van der Waals surface area contributed by atoms with Gasteiger partial charge in [0.2, 0.25) is 5.91 Å². The molecular formula is C22H26N4O3. The molecule has 2 aromatic rings. The molecule has 1 fully saturated rings. The maximum Gasteiger partial charge on any atom is 0.269 e. The van der Waals surface area contributed by atoms with E-state index in [4.69, 9.17) is 0 Å². The van der Waals surface area contributed by atoms with Gasteiger partial charge in [0, 0.05) is 56.1 Å². The normalized spacial score (nSPS) is 17.0. The number of piperazine rings is 1. The number of nitro groups is 1. The highest BCUT2D eigenvalue weighted by Gasteiger charge is 2.18. The average Bonchev–Trinajstić information content (AvgIpc) is 2.74. The number of carbonyl (C=O) groups excluding carboxylic acids is 1. The summed E-state index contributed by atoms with van der Waals surface area (Å²) in [4.78, 5) is 26.7. The molecule has 7 nitrogen and oxygen atoms in total. The SMILES string of the molecule is O=C1CCc2cc(CCCN3CCN(c4ccc([N+](=O)[O-])cc4)CC3)ccc2N1. The molecule has 2 heterocycles. The summed E-state index contributed by atoms with van der Waals surface area (Å²) >= 11 is 0. The Morgan fingerprint density at radius 1 is 1.00 bits per heavy atom. The second kappa shape index (κ2) is 8.61. The molecule has 7 heteroatoms. The molecule has 0 radical (unpaired) electrons. The summed E-state index contributed by atoms with van der Waals surface area (Å²) in [7, 11) is 0. The van der Waals surface area contributed by atoms with Gasteiger partial charge in [0.25, 0.3) is 5.69 Å². The number of hydrogen-bond acceptors (Lipinski definition) is 5. The smallest absolute Gasteiger partial charge is 0.269 e. The number of hydrogen-bond donors (Lipinski definition) is 1. The van der Waals surface area contributed by atoms with Crippen LogP contribution in [-0.2, 0) is 17.6 Å². The van der Waals surface area contributed by atoms with Crippen LogP contribution in [0.4, 0.5) is 17.1 Å². The van der Waals surface area contributed by atoms with Gasteiger partial charge in [-0.25, -0.2) is 0 Å². The molecule has 1 amide bonds. The van der Waals surface area contributed by atoms with Gasteiger partial charge in [0.15, 0.2) is 0 Å². The second-order valence-electron chi connectivity index (χ2n) is 7.75. The Balaban J connectivity index is 1.22. The van der Waals surface area contributed by atoms with Gasteiger partial charge in [-0.05, 0) is 55.1 Å². The van der Waals surface area contributed by atoms with Gasteiger partial charge < -0.3 is 10.2 Å². The quantitative estimate of drug-likeness (QED) is 0.601. The molecule has 0 unspecified atom stereocenters. The summed E-state index contributed by atoms with van der Waals surface area (Å²) in [6.45, 7) is 4.97. The lowest BCUT2D eigenvalue weighted by atomic mass is 9.98. The van der Waals surface area contributed by atoms with Gasteiger partial charge in [-0.3, -0.25) is 19.8 Å². The van der Waals surface area contributed by atoms with Crippen molar-refractivity contribution in [3.63, 3.8) is 0 Å². The monoisotopic (exact) mass is 394 g/mol. The molecule has 0 aliphatic carbocycles. The summed E-state index contributed by atoms with van der Waals surface area (Å²) in [5, 5.41) is 13.7. The Morgan fingerprint density at radius 3 is 2.48 bits per heavy atom. The molecular weight excluding hydrogens is 368 g/mol. The van der Waals surface area contributed by atoms with E-state index < -0.39 is 0 Å². The topological polar surface area (TPSA) is 78.7 Å². The van der Waals surface area contributed by atoms with Gasteiger partial charge in [-0.2, -0.15) is 0 Å². The molecule has 1 N–H and O–H groups in total. The highest BCUT2D eigenvalue weighted by Crippen LogP contribution is 2.24. The van der Waals surface area contributed by atoms with Gasteiger partial charge in [0.1, 0.15) is 0 Å². The highest BCUT2D eigenvalue weighted by molar-refractivity contribution is 5.93. The summed E-state index contributed by atoms with van der Waals surface area (Å²) in [5.74, 6) is 0.109. The molecule has 0 spiro atoms. The van der Waals surface area contributed by atoms with E-state index in [1.54, 1.807) is 12.1 Å². The Labute approximate surface area is 170 Å². The minimum atomic E-state index is -0.361. The third-order valence-electron chi connectivity index (χ3n) is 5.80. The maximum atomic E-state index is 11.5. The van der Waals surface area contributed by atoms with Crippen LogP contribution in [0, 0.1) is 10.1 Å². The largest absolute Gasteiger partial charge is 0.369 e. The molecule has 0 saturated carbocycles. The van der Waals surface area contributed by atoms with Crippen LogP contribution in [0.1, 0.15) is 24.0 Å². The first-order chi connectivity index (χ1) is 14.1. The van der Waals surface area contributed by atoms with Crippen LogP contribution in [0.5, 0.6) is 0 Å². The Morgan fingerprint density at radius 2 is 1.76 bits per heavy atom. The number of non-ortho nitro benzene ring substituents is 1. The number of aryl methyl sites for hydroxylation is 2. The molecule has 152 valence electrons. The maximum absolute atomic E-state index is 11.5. The van der Waals surface area contributed by atoms with Gasteiger partial charge >= 0.3 is 0 Å². The number of nitrogens with one attached hydrogen (secondary N) is 1. The predicted octanol–water partition coefficient (Wildman–Crippen LogP) is 3.23. The minimum Gasteiger partial charge on any atom is -0.369 e. The molecule has 0 bridgehead atoms. The van der Waals surface area contributed by atoms with Crippen molar-refractivity contribution >= 4 is 23.0 Å². The zero-order valence-electron chi connectivity index (χ0n) is 16.5. The lowest BCUT2D eigenvalue weighted by Gasteiger charge is -2.36. The summed E-state index contributed by atoms with van der Waals surface area (Å²) in [6, 6.07) is 13.2. The number of rotatable bonds is 6. The van der Waals surface area contributed by atoms with E-state index in [1.807, 2.05) is 18.2 Å². The van der Waals surface area contributed by atoms with E-state index in [-0.39, 0.29) is 16.5 Å². The zero-order valence-corrected chi connectivity index (χ0v) is 16.5. The summed E-state index contributed by atoms with van der Waals surface area (Å²) in [6.07, 6.45) is 3.57. The Bertz CT molecular complexity index is 889. The number of amides is 1. The summed E-state index contributed by atoms with van der Waals surface area (Å²) < 4.78 is 0. The third kappa shape index (κ3) is 4.74. The standard InChI is InChI=1S/C22H26N4O3/c27-22-10-4-18-16-17(3-9-21(18)23-22)2-1-11-24-12-14-25(15-13-24)19-5-7-20(8-6-19)26(28)29/h3,5-9,16H,1-2,4,10-15H2,(H,23,27). The highest BCUT2D eigenvalue weighted by atomic mass is 16.6. The molecule has 1 saturated heterocycles. The van der Waals surface area contributed by atoms with E-state index in [1.165, 1.54) is 11.1 Å². The van der Waals surface area contributed by atoms with Gasteiger partial charge in [-0.15, -0.1) is 0 Å². The molecule has 29 heavy (non-hydrogen) atoms. The Hall–Kier alpha value is -2.93. The lowest BCUT2D eigenvalue weighted by Crippen LogP contribution is -2.46. The first-order valence-electron chi connectivity index (χ1n) is 10.2. The van der Waals surface area contributed by atoms with Crippen LogP contribution in [-0.4, -0.2) is 48.5 Å². The van der Waals surface area contributed by atoms with Crippen LogP contribution < -0.4 is 10.2 Å². The van der Waals surface area contributed by atoms with Crippen molar-refractivity contribution in [3.05, 3.63) is 63.7 Å². The first-order valence-corrected chi connectivity index (χ1v) is 10.2. The van der Waals surface area contributed by atoms with E-state index in [0.29, 0.717) is 6.42 Å². The fourth-order valence-corrected chi connectivity index (χ4v) is 4.11. The molecule has 2 aliphatic heterocycles. The number of anilines is 2. The van der Waals surface area contributed by atoms with Crippen LogP contribution in [0.2, 0.25) is 0 Å². The number of fused-ring (bicyclic) bond motifs is 1. The van der Waals surface area contributed by atoms with Gasteiger partial charge in [-0.1, -0.05) is 12.1 Å². The van der Waals surface area contributed by atoms with Crippen molar-refractivity contribution < 1.29 is 9.72 Å². The molecule has 2 aromatic carbocycles. The lowest BCUT2D eigenvalue weighted by molar-refractivity contribution is -0.384. The van der Waals surface area contributed by atoms with Crippen molar-refractivity contribution in [3.8, 4) is 0 Å². The van der Waals surface area contributed by atoms with E-state index in [0.717, 1.165) is 63.4 Å². The number of nitro benzene ring substituents is 1. The fourth-order valence-electron chi connectivity index (χ4n) is 4.11. The number of carbonyl (C=O) groups is 1. The summed E-state index contributed by atoms with van der Waals surface area (Å²) in [5.41, 5.74) is 4.74. The fraction of sp³-hybridized carbons (Fsp3) is 0.409. The molecule has 4 rings (SSSR count). The van der Waals surface area contributed by atoms with E-state index >= 15 is 0 Å². The van der Waals surface area contributed by atoms with E-state index in [2.05, 4.69) is 27.2 Å².